The van der Waals surface area contributed by atoms with Crippen molar-refractivity contribution in [2.45, 2.75) is 25.9 Å². The number of halogens is 1. The number of rotatable bonds is 6. The number of aliphatic hydroxyl groups is 1. The van der Waals surface area contributed by atoms with Gasteiger partial charge in [-0.1, -0.05) is 11.6 Å². The number of benzene rings is 1. The van der Waals surface area contributed by atoms with Gasteiger partial charge in [-0.05, 0) is 31.5 Å². The van der Waals surface area contributed by atoms with Crippen LogP contribution in [0.25, 0.3) is 0 Å². The lowest BCUT2D eigenvalue weighted by molar-refractivity contribution is 0.268. The summed E-state index contributed by atoms with van der Waals surface area (Å²) in [6, 6.07) is 5.82. The van der Waals surface area contributed by atoms with Crippen molar-refractivity contribution in [1.82, 2.24) is 5.32 Å². The lowest BCUT2D eigenvalue weighted by Crippen LogP contribution is -2.26. The summed E-state index contributed by atoms with van der Waals surface area (Å²) in [7, 11) is 1.64. The molecule has 0 aromatic heterocycles. The van der Waals surface area contributed by atoms with Crippen molar-refractivity contribution in [2.24, 2.45) is 0 Å². The maximum absolute atomic E-state index is 8.79. The van der Waals surface area contributed by atoms with E-state index in [-0.39, 0.29) is 12.6 Å². The van der Waals surface area contributed by atoms with Crippen LogP contribution in [0, 0.1) is 0 Å². The van der Waals surface area contributed by atoms with Crippen molar-refractivity contribution in [3.8, 4) is 5.75 Å². The van der Waals surface area contributed by atoms with Crippen molar-refractivity contribution >= 4 is 11.6 Å². The number of hydrogen-bond donors (Lipinski definition) is 2. The zero-order valence-corrected chi connectivity index (χ0v) is 10.4. The molecular formula is C12H18ClNO2. The van der Waals surface area contributed by atoms with Gasteiger partial charge in [0, 0.05) is 29.8 Å². The lowest BCUT2D eigenvalue weighted by atomic mass is 10.1. The fourth-order valence-corrected chi connectivity index (χ4v) is 1.66. The maximum Gasteiger partial charge on any atom is 0.123 e. The van der Waals surface area contributed by atoms with Crippen LogP contribution < -0.4 is 10.1 Å². The molecule has 0 radical (unpaired) electrons. The number of hydrogen-bond acceptors (Lipinski definition) is 3. The summed E-state index contributed by atoms with van der Waals surface area (Å²) in [4.78, 5) is 0. The van der Waals surface area contributed by atoms with Gasteiger partial charge in [0.05, 0.1) is 7.11 Å². The van der Waals surface area contributed by atoms with Crippen molar-refractivity contribution in [3.05, 3.63) is 28.8 Å². The zero-order valence-electron chi connectivity index (χ0n) is 9.66. The minimum absolute atomic E-state index is 0.195. The Morgan fingerprint density at radius 3 is 2.88 bits per heavy atom. The Balaban J connectivity index is 2.61. The van der Waals surface area contributed by atoms with Crippen LogP contribution in [-0.2, 0) is 6.54 Å². The molecule has 0 bridgehead atoms. The van der Waals surface area contributed by atoms with E-state index in [1.807, 2.05) is 19.1 Å². The molecule has 2 N–H and O–H groups in total. The molecular weight excluding hydrogens is 226 g/mol. The van der Waals surface area contributed by atoms with Gasteiger partial charge < -0.3 is 15.2 Å². The van der Waals surface area contributed by atoms with Crippen LogP contribution in [-0.4, -0.2) is 24.9 Å². The monoisotopic (exact) mass is 243 g/mol. The highest BCUT2D eigenvalue weighted by Gasteiger charge is 2.06. The third-order valence-electron chi connectivity index (χ3n) is 2.45. The zero-order chi connectivity index (χ0) is 12.0. The highest BCUT2D eigenvalue weighted by Crippen LogP contribution is 2.22. The third kappa shape index (κ3) is 4.00. The standard InChI is InChI=1S/C12H18ClNO2/c1-9(5-6-15)14-8-10-7-11(13)3-4-12(10)16-2/h3-4,7,9,14-15H,5-6,8H2,1-2H3. The van der Waals surface area contributed by atoms with Gasteiger partial charge in [-0.3, -0.25) is 0 Å². The Hall–Kier alpha value is -0.770. The van der Waals surface area contributed by atoms with E-state index in [1.165, 1.54) is 0 Å². The van der Waals surface area contributed by atoms with Crippen LogP contribution in [0.15, 0.2) is 18.2 Å². The van der Waals surface area contributed by atoms with Crippen LogP contribution in [0.5, 0.6) is 5.75 Å². The summed E-state index contributed by atoms with van der Waals surface area (Å²) in [6.07, 6.45) is 0.739. The van der Waals surface area contributed by atoms with E-state index >= 15 is 0 Å². The van der Waals surface area contributed by atoms with Gasteiger partial charge in [-0.2, -0.15) is 0 Å². The maximum atomic E-state index is 8.79. The van der Waals surface area contributed by atoms with E-state index in [9.17, 15) is 0 Å². The Labute approximate surface area is 101 Å². The molecule has 0 amide bonds. The Morgan fingerprint density at radius 1 is 1.50 bits per heavy atom. The molecule has 1 unspecified atom stereocenters. The SMILES string of the molecule is COc1ccc(Cl)cc1CNC(C)CCO. The Kier molecular flexibility index (Phi) is 5.60. The van der Waals surface area contributed by atoms with Crippen LogP contribution in [0.4, 0.5) is 0 Å². The average molecular weight is 244 g/mol. The molecule has 16 heavy (non-hydrogen) atoms. The molecule has 0 aliphatic carbocycles. The molecule has 1 rings (SSSR count). The second-order valence-corrected chi connectivity index (χ2v) is 4.19. The normalized spacial score (nSPS) is 12.5. The van der Waals surface area contributed by atoms with Crippen LogP contribution in [0.2, 0.25) is 5.02 Å². The minimum Gasteiger partial charge on any atom is -0.496 e. The van der Waals surface area contributed by atoms with Crippen molar-refractivity contribution < 1.29 is 9.84 Å². The first-order valence-corrected chi connectivity index (χ1v) is 5.71. The molecule has 1 atom stereocenters. The van der Waals surface area contributed by atoms with E-state index in [4.69, 9.17) is 21.4 Å². The summed E-state index contributed by atoms with van der Waals surface area (Å²) in [5.41, 5.74) is 1.03. The van der Waals surface area contributed by atoms with Gasteiger partial charge in [0.25, 0.3) is 0 Å². The fraction of sp³-hybridized carbons (Fsp3) is 0.500. The largest absolute Gasteiger partial charge is 0.496 e. The van der Waals surface area contributed by atoms with Gasteiger partial charge >= 0.3 is 0 Å². The molecule has 0 heterocycles. The van der Waals surface area contributed by atoms with Crippen LogP contribution in [0.3, 0.4) is 0 Å². The molecule has 0 saturated heterocycles. The predicted molar refractivity (Wildman–Crippen MR) is 66.0 cm³/mol. The van der Waals surface area contributed by atoms with Gasteiger partial charge in [-0.15, -0.1) is 0 Å². The van der Waals surface area contributed by atoms with Crippen LogP contribution >= 0.6 is 11.6 Å². The Morgan fingerprint density at radius 2 is 2.25 bits per heavy atom. The van der Waals surface area contributed by atoms with Gasteiger partial charge in [0.2, 0.25) is 0 Å². The molecule has 1 aromatic rings. The highest BCUT2D eigenvalue weighted by molar-refractivity contribution is 6.30. The first-order chi connectivity index (χ1) is 7.67. The minimum atomic E-state index is 0.195. The number of nitrogens with one attached hydrogen (secondary N) is 1. The molecule has 3 nitrogen and oxygen atoms in total. The van der Waals surface area contributed by atoms with Crippen molar-refractivity contribution in [2.75, 3.05) is 13.7 Å². The number of aliphatic hydroxyl groups excluding tert-OH is 1. The number of ether oxygens (including phenoxy) is 1. The summed E-state index contributed by atoms with van der Waals surface area (Å²) in [6.45, 7) is 2.92. The molecule has 0 spiro atoms. The summed E-state index contributed by atoms with van der Waals surface area (Å²) < 4.78 is 5.24. The van der Waals surface area contributed by atoms with Crippen LogP contribution in [0.1, 0.15) is 18.9 Å². The first-order valence-electron chi connectivity index (χ1n) is 5.34. The molecule has 90 valence electrons. The van der Waals surface area contributed by atoms with E-state index in [2.05, 4.69) is 5.32 Å². The molecule has 0 saturated carbocycles. The second-order valence-electron chi connectivity index (χ2n) is 3.75. The summed E-state index contributed by atoms with van der Waals surface area (Å²) >= 11 is 5.93. The van der Waals surface area contributed by atoms with E-state index in [1.54, 1.807) is 13.2 Å². The summed E-state index contributed by atoms with van der Waals surface area (Å²) in [5.74, 6) is 0.827. The first kappa shape index (κ1) is 13.3. The molecule has 0 aliphatic heterocycles. The van der Waals surface area contributed by atoms with Crippen molar-refractivity contribution in [1.29, 1.82) is 0 Å². The highest BCUT2D eigenvalue weighted by atomic mass is 35.5. The molecule has 4 heteroatoms. The quantitative estimate of drug-likeness (QED) is 0.805. The fourth-order valence-electron chi connectivity index (χ4n) is 1.47. The third-order valence-corrected chi connectivity index (χ3v) is 2.68. The average Bonchev–Trinajstić information content (AvgIpc) is 2.27. The molecule has 1 aromatic carbocycles. The Bertz CT molecular complexity index is 331. The van der Waals surface area contributed by atoms with E-state index in [0.717, 1.165) is 17.7 Å². The van der Waals surface area contributed by atoms with Gasteiger partial charge in [0.1, 0.15) is 5.75 Å². The van der Waals surface area contributed by atoms with Gasteiger partial charge in [-0.25, -0.2) is 0 Å². The number of methoxy groups -OCH3 is 1. The van der Waals surface area contributed by atoms with E-state index < -0.39 is 0 Å². The topological polar surface area (TPSA) is 41.5 Å². The summed E-state index contributed by atoms with van der Waals surface area (Å²) in [5, 5.41) is 12.8. The van der Waals surface area contributed by atoms with E-state index in [0.29, 0.717) is 11.6 Å². The lowest BCUT2D eigenvalue weighted by Gasteiger charge is -2.14. The van der Waals surface area contributed by atoms with Gasteiger partial charge in [0.15, 0.2) is 0 Å². The van der Waals surface area contributed by atoms with Crippen molar-refractivity contribution in [3.63, 3.8) is 0 Å². The molecule has 0 aliphatic rings. The second kappa shape index (κ2) is 6.74. The molecule has 0 fully saturated rings. The predicted octanol–water partition coefficient (Wildman–Crippen LogP) is 2.21. The smallest absolute Gasteiger partial charge is 0.123 e.